The summed E-state index contributed by atoms with van der Waals surface area (Å²) >= 11 is 0. The maximum Gasteiger partial charge on any atom is 0.0629 e. The van der Waals surface area contributed by atoms with Crippen LogP contribution in [0.15, 0.2) is 12.1 Å². The highest BCUT2D eigenvalue weighted by molar-refractivity contribution is 5.75. The van der Waals surface area contributed by atoms with Crippen molar-refractivity contribution in [2.45, 2.75) is 20.8 Å². The normalized spacial score (nSPS) is 20.5. The lowest BCUT2D eigenvalue weighted by Gasteiger charge is -2.23. The summed E-state index contributed by atoms with van der Waals surface area (Å²) in [6.07, 6.45) is 0. The predicted molar refractivity (Wildman–Crippen MR) is 66.8 cm³/mol. The molecule has 0 saturated heterocycles. The van der Waals surface area contributed by atoms with Crippen molar-refractivity contribution in [1.29, 1.82) is 0 Å². The van der Waals surface area contributed by atoms with Crippen LogP contribution in [0.5, 0.6) is 0 Å². The number of fused-ring (bicyclic) bond motifs is 1. The fourth-order valence-corrected chi connectivity index (χ4v) is 2.51. The van der Waals surface area contributed by atoms with Gasteiger partial charge in [0.2, 0.25) is 0 Å². The van der Waals surface area contributed by atoms with Crippen LogP contribution in [0.4, 0.5) is 11.4 Å². The van der Waals surface area contributed by atoms with E-state index in [-0.39, 0.29) is 0 Å². The van der Waals surface area contributed by atoms with Gasteiger partial charge in [0.1, 0.15) is 0 Å². The Balaban J connectivity index is 2.48. The van der Waals surface area contributed by atoms with Crippen LogP contribution in [0.25, 0.3) is 0 Å². The van der Waals surface area contributed by atoms with Crippen LogP contribution in [0, 0.1) is 19.8 Å². The summed E-state index contributed by atoms with van der Waals surface area (Å²) < 4.78 is 0. The zero-order valence-corrected chi connectivity index (χ0v) is 10.1. The summed E-state index contributed by atoms with van der Waals surface area (Å²) in [4.78, 5) is 2.37. The second kappa shape index (κ2) is 3.76. The van der Waals surface area contributed by atoms with Gasteiger partial charge in [0.05, 0.1) is 11.4 Å². The first-order valence-corrected chi connectivity index (χ1v) is 5.64. The number of rotatable bonds is 0. The standard InChI is InChI=1S/C13H20N2/c1-9-5-11(3)13-12(6-9)14-7-10(2)8-15(13)4/h5-6,10,14H,7-8H2,1-4H3. The molecule has 1 N–H and O–H groups in total. The highest BCUT2D eigenvalue weighted by Gasteiger charge is 2.17. The maximum absolute atomic E-state index is 3.55. The Hall–Kier alpha value is -1.18. The number of hydrogen-bond donors (Lipinski definition) is 1. The van der Waals surface area contributed by atoms with Gasteiger partial charge >= 0.3 is 0 Å². The van der Waals surface area contributed by atoms with Crippen LogP contribution in [-0.4, -0.2) is 20.1 Å². The SMILES string of the molecule is Cc1cc(C)c2c(c1)NCC(C)CN2C. The van der Waals surface area contributed by atoms with E-state index in [1.807, 2.05) is 0 Å². The van der Waals surface area contributed by atoms with Crippen LogP contribution in [0.1, 0.15) is 18.1 Å². The molecule has 1 aromatic rings. The van der Waals surface area contributed by atoms with Gasteiger partial charge in [0.25, 0.3) is 0 Å². The van der Waals surface area contributed by atoms with Gasteiger partial charge in [-0.1, -0.05) is 13.0 Å². The third-order valence-electron chi connectivity index (χ3n) is 3.05. The molecule has 1 unspecified atom stereocenters. The molecule has 0 bridgehead atoms. The van der Waals surface area contributed by atoms with E-state index in [0.29, 0.717) is 5.92 Å². The van der Waals surface area contributed by atoms with Crippen molar-refractivity contribution < 1.29 is 0 Å². The minimum atomic E-state index is 0.696. The summed E-state index contributed by atoms with van der Waals surface area (Å²) in [7, 11) is 2.19. The molecule has 15 heavy (non-hydrogen) atoms. The minimum Gasteiger partial charge on any atom is -0.383 e. The molecule has 0 fully saturated rings. The molecule has 1 aliphatic heterocycles. The van der Waals surface area contributed by atoms with E-state index in [1.165, 1.54) is 22.5 Å². The van der Waals surface area contributed by atoms with Crippen LogP contribution < -0.4 is 10.2 Å². The number of nitrogens with one attached hydrogen (secondary N) is 1. The van der Waals surface area contributed by atoms with Gasteiger partial charge in [-0.3, -0.25) is 0 Å². The zero-order valence-electron chi connectivity index (χ0n) is 10.1. The van der Waals surface area contributed by atoms with E-state index in [0.717, 1.165) is 13.1 Å². The monoisotopic (exact) mass is 204 g/mol. The van der Waals surface area contributed by atoms with Crippen molar-refractivity contribution in [3.63, 3.8) is 0 Å². The maximum atomic E-state index is 3.55. The molecule has 0 radical (unpaired) electrons. The first-order valence-electron chi connectivity index (χ1n) is 5.64. The molecule has 2 nitrogen and oxygen atoms in total. The number of hydrogen-bond acceptors (Lipinski definition) is 2. The lowest BCUT2D eigenvalue weighted by Crippen LogP contribution is -2.24. The third kappa shape index (κ3) is 1.94. The Morgan fingerprint density at radius 2 is 2.07 bits per heavy atom. The first kappa shape index (κ1) is 10.3. The van der Waals surface area contributed by atoms with Crippen molar-refractivity contribution in [3.05, 3.63) is 23.3 Å². The smallest absolute Gasteiger partial charge is 0.0629 e. The molecule has 2 heteroatoms. The molecule has 1 atom stereocenters. The van der Waals surface area contributed by atoms with Gasteiger partial charge in [-0.05, 0) is 37.0 Å². The van der Waals surface area contributed by atoms with Crippen LogP contribution in [-0.2, 0) is 0 Å². The van der Waals surface area contributed by atoms with E-state index in [2.05, 4.69) is 50.2 Å². The van der Waals surface area contributed by atoms with Gasteiger partial charge in [-0.2, -0.15) is 0 Å². The molecule has 0 aromatic heterocycles. The van der Waals surface area contributed by atoms with Crippen LogP contribution in [0.2, 0.25) is 0 Å². The third-order valence-corrected chi connectivity index (χ3v) is 3.05. The molecule has 0 amide bonds. The Labute approximate surface area is 92.3 Å². The molecular weight excluding hydrogens is 184 g/mol. The summed E-state index contributed by atoms with van der Waals surface area (Å²) in [6, 6.07) is 4.50. The topological polar surface area (TPSA) is 15.3 Å². The summed E-state index contributed by atoms with van der Waals surface area (Å²) in [6.45, 7) is 8.84. The van der Waals surface area contributed by atoms with E-state index in [1.54, 1.807) is 0 Å². The zero-order chi connectivity index (χ0) is 11.0. The molecule has 0 aliphatic carbocycles. The molecule has 0 spiro atoms. The second-order valence-corrected chi connectivity index (χ2v) is 4.84. The average molecular weight is 204 g/mol. The van der Waals surface area contributed by atoms with Crippen molar-refractivity contribution in [2.24, 2.45) is 5.92 Å². The van der Waals surface area contributed by atoms with E-state index >= 15 is 0 Å². The van der Waals surface area contributed by atoms with E-state index in [9.17, 15) is 0 Å². The van der Waals surface area contributed by atoms with Gasteiger partial charge in [0.15, 0.2) is 0 Å². The molecule has 1 heterocycles. The quantitative estimate of drug-likeness (QED) is 0.699. The summed E-state index contributed by atoms with van der Waals surface area (Å²) in [5.41, 5.74) is 5.36. The van der Waals surface area contributed by atoms with Crippen molar-refractivity contribution in [3.8, 4) is 0 Å². The molecule has 1 aliphatic rings. The summed E-state index contributed by atoms with van der Waals surface area (Å²) in [5, 5.41) is 3.55. The Morgan fingerprint density at radius 1 is 1.33 bits per heavy atom. The number of benzene rings is 1. The molecule has 1 aromatic carbocycles. The van der Waals surface area contributed by atoms with E-state index in [4.69, 9.17) is 0 Å². The molecule has 2 rings (SSSR count). The van der Waals surface area contributed by atoms with Gasteiger partial charge < -0.3 is 10.2 Å². The van der Waals surface area contributed by atoms with Gasteiger partial charge in [-0.25, -0.2) is 0 Å². The highest BCUT2D eigenvalue weighted by Crippen LogP contribution is 2.33. The largest absolute Gasteiger partial charge is 0.383 e. The Kier molecular flexibility index (Phi) is 2.59. The lowest BCUT2D eigenvalue weighted by atomic mass is 10.1. The average Bonchev–Trinajstić information content (AvgIpc) is 2.25. The lowest BCUT2D eigenvalue weighted by molar-refractivity contribution is 0.617. The highest BCUT2D eigenvalue weighted by atomic mass is 15.1. The fourth-order valence-electron chi connectivity index (χ4n) is 2.51. The van der Waals surface area contributed by atoms with E-state index < -0.39 is 0 Å². The fraction of sp³-hybridized carbons (Fsp3) is 0.538. The van der Waals surface area contributed by atoms with Crippen molar-refractivity contribution in [1.82, 2.24) is 0 Å². The number of aryl methyl sites for hydroxylation is 2. The molecule has 82 valence electrons. The Bertz CT molecular complexity index is 371. The first-order chi connectivity index (χ1) is 7.08. The van der Waals surface area contributed by atoms with Gasteiger partial charge in [-0.15, -0.1) is 0 Å². The van der Waals surface area contributed by atoms with Crippen LogP contribution >= 0.6 is 0 Å². The Morgan fingerprint density at radius 3 is 2.80 bits per heavy atom. The predicted octanol–water partition coefficient (Wildman–Crippen LogP) is 2.80. The molecular formula is C13H20N2. The van der Waals surface area contributed by atoms with Crippen LogP contribution in [0.3, 0.4) is 0 Å². The summed E-state index contributed by atoms with van der Waals surface area (Å²) in [5.74, 6) is 0.696. The minimum absolute atomic E-state index is 0.696. The van der Waals surface area contributed by atoms with Crippen molar-refractivity contribution in [2.75, 3.05) is 30.4 Å². The molecule has 0 saturated carbocycles. The number of nitrogens with zero attached hydrogens (tertiary/aromatic N) is 1. The second-order valence-electron chi connectivity index (χ2n) is 4.84. The number of anilines is 2. The van der Waals surface area contributed by atoms with Gasteiger partial charge in [0, 0.05) is 20.1 Å². The van der Waals surface area contributed by atoms with Crippen molar-refractivity contribution >= 4 is 11.4 Å².